The summed E-state index contributed by atoms with van der Waals surface area (Å²) in [5.74, 6) is -0.311. The maximum Gasteiger partial charge on any atom is 0.333 e. The molecule has 0 aromatic rings. The second-order valence-electron chi connectivity index (χ2n) is 2.36. The Morgan fingerprint density at radius 1 is 1.73 bits per heavy atom. The average molecular weight is 176 g/mol. The van der Waals surface area contributed by atoms with Crippen LogP contribution in [0.5, 0.6) is 0 Å². The number of hydrogen-bond donors (Lipinski definition) is 0. The first-order chi connectivity index (χ1) is 4.54. The van der Waals surface area contributed by atoms with Crippen LogP contribution in [-0.2, 0) is 9.53 Å². The second-order valence-corrected chi connectivity index (χ2v) is 3.49. The predicted octanol–water partition coefficient (Wildman–Crippen LogP) is 2.01. The van der Waals surface area contributed by atoms with Gasteiger partial charge >= 0.3 is 5.97 Å². The van der Waals surface area contributed by atoms with Crippen LogP contribution in [0, 0.1) is 0 Å². The summed E-state index contributed by atoms with van der Waals surface area (Å²) in [5.41, 5.74) is 0.758. The predicted molar refractivity (Wildman–Crippen MR) is 51.7 cm³/mol. The Kier molecular flexibility index (Phi) is 7.65. The van der Waals surface area contributed by atoms with Gasteiger partial charge in [0.1, 0.15) is 0 Å². The van der Waals surface area contributed by atoms with Gasteiger partial charge < -0.3 is 4.74 Å². The van der Waals surface area contributed by atoms with Gasteiger partial charge in [-0.3, -0.25) is 0 Å². The lowest BCUT2D eigenvalue weighted by atomic mass is 10.4. The molecule has 2 nitrogen and oxygen atoms in total. The zero-order chi connectivity index (χ0) is 8.15. The van der Waals surface area contributed by atoms with Crippen molar-refractivity contribution in [3.05, 3.63) is 12.2 Å². The molecule has 0 radical (unpaired) electrons. The molecule has 3 heteroatoms. The summed E-state index contributed by atoms with van der Waals surface area (Å²) in [7, 11) is 2.55. The molecule has 0 rings (SSSR count). The summed E-state index contributed by atoms with van der Waals surface area (Å²) in [5, 5.41) is 0. The maximum absolute atomic E-state index is 10.7. The normalized spacial score (nSPS) is 11.2. The van der Waals surface area contributed by atoms with Gasteiger partial charge in [-0.1, -0.05) is 20.9 Å². The standard InChI is InChI=1S/C7H13O2P.CH4/c1-5(2)7(8)9-4-6(3)10;/h6H,1,4,10H2,2-3H3;1H4. The summed E-state index contributed by atoms with van der Waals surface area (Å²) >= 11 is 0. The molecule has 0 N–H and O–H groups in total. The van der Waals surface area contributed by atoms with Gasteiger partial charge in [-0.25, -0.2) is 4.79 Å². The van der Waals surface area contributed by atoms with Gasteiger partial charge in [0.15, 0.2) is 0 Å². The van der Waals surface area contributed by atoms with E-state index in [1.165, 1.54) is 0 Å². The molecule has 2 unspecified atom stereocenters. The van der Waals surface area contributed by atoms with Gasteiger partial charge in [0.25, 0.3) is 0 Å². The third kappa shape index (κ3) is 7.54. The molecule has 11 heavy (non-hydrogen) atoms. The van der Waals surface area contributed by atoms with E-state index in [1.54, 1.807) is 6.92 Å². The first kappa shape index (κ1) is 13.2. The topological polar surface area (TPSA) is 26.3 Å². The minimum Gasteiger partial charge on any atom is -0.462 e. The molecule has 0 aromatic heterocycles. The smallest absolute Gasteiger partial charge is 0.333 e. The van der Waals surface area contributed by atoms with Gasteiger partial charge in [0.05, 0.1) is 6.61 Å². The highest BCUT2D eigenvalue weighted by atomic mass is 31.0. The van der Waals surface area contributed by atoms with Crippen LogP contribution in [0.15, 0.2) is 12.2 Å². The molecule has 66 valence electrons. The van der Waals surface area contributed by atoms with Gasteiger partial charge in [0.2, 0.25) is 0 Å². The van der Waals surface area contributed by atoms with E-state index in [0.717, 1.165) is 0 Å². The van der Waals surface area contributed by atoms with Crippen LogP contribution in [0.3, 0.4) is 0 Å². The van der Waals surface area contributed by atoms with E-state index in [1.807, 2.05) is 6.92 Å². The van der Waals surface area contributed by atoms with Crippen LogP contribution in [0.1, 0.15) is 21.3 Å². The summed E-state index contributed by atoms with van der Waals surface area (Å²) in [4.78, 5) is 10.7. The van der Waals surface area contributed by atoms with Crippen LogP contribution < -0.4 is 0 Å². The molecule has 0 heterocycles. The minimum atomic E-state index is -0.311. The Balaban J connectivity index is 0. The largest absolute Gasteiger partial charge is 0.462 e. The molecule has 0 fully saturated rings. The zero-order valence-electron chi connectivity index (χ0n) is 6.39. The van der Waals surface area contributed by atoms with Crippen molar-refractivity contribution in [3.63, 3.8) is 0 Å². The fourth-order valence-corrected chi connectivity index (χ4v) is 0.427. The Bertz CT molecular complexity index is 141. The van der Waals surface area contributed by atoms with E-state index >= 15 is 0 Å². The number of carbonyl (C=O) groups excluding carboxylic acids is 1. The number of carbonyl (C=O) groups is 1. The van der Waals surface area contributed by atoms with Crippen LogP contribution >= 0.6 is 9.24 Å². The zero-order valence-corrected chi connectivity index (χ0v) is 7.54. The lowest BCUT2D eigenvalue weighted by molar-refractivity contribution is -0.138. The Morgan fingerprint density at radius 2 is 2.18 bits per heavy atom. The van der Waals surface area contributed by atoms with Crippen molar-refractivity contribution in [2.24, 2.45) is 0 Å². The number of ether oxygens (including phenoxy) is 1. The molecule has 0 amide bonds. The number of rotatable bonds is 3. The van der Waals surface area contributed by atoms with E-state index in [2.05, 4.69) is 15.8 Å². The van der Waals surface area contributed by atoms with Crippen LogP contribution in [0.2, 0.25) is 0 Å². The van der Waals surface area contributed by atoms with E-state index in [-0.39, 0.29) is 13.4 Å². The monoisotopic (exact) mass is 176 g/mol. The molecular weight excluding hydrogens is 159 g/mol. The highest BCUT2D eigenvalue weighted by Crippen LogP contribution is 2.00. The average Bonchev–Trinajstić information content (AvgIpc) is 1.82. The lowest BCUT2D eigenvalue weighted by Gasteiger charge is -2.05. The fraction of sp³-hybridized carbons (Fsp3) is 0.625. The van der Waals surface area contributed by atoms with Crippen molar-refractivity contribution < 1.29 is 9.53 Å². The molecular formula is C8H17O2P. The molecule has 0 aliphatic rings. The molecule has 0 saturated carbocycles. The Labute approximate surface area is 71.2 Å². The van der Waals surface area contributed by atoms with E-state index in [0.29, 0.717) is 17.8 Å². The molecule has 0 aliphatic heterocycles. The lowest BCUT2D eigenvalue weighted by Crippen LogP contribution is -2.11. The Hall–Kier alpha value is -0.360. The van der Waals surface area contributed by atoms with E-state index < -0.39 is 0 Å². The summed E-state index contributed by atoms with van der Waals surface area (Å²) < 4.78 is 4.81. The van der Waals surface area contributed by atoms with Crippen molar-refractivity contribution in [3.8, 4) is 0 Å². The third-order valence-electron chi connectivity index (χ3n) is 0.826. The minimum absolute atomic E-state index is 0. The molecule has 0 saturated heterocycles. The fourth-order valence-electron chi connectivity index (χ4n) is 0.330. The van der Waals surface area contributed by atoms with Gasteiger partial charge in [0, 0.05) is 11.2 Å². The van der Waals surface area contributed by atoms with Crippen LogP contribution in [0.4, 0.5) is 0 Å². The van der Waals surface area contributed by atoms with Crippen LogP contribution in [-0.4, -0.2) is 18.2 Å². The Morgan fingerprint density at radius 3 is 2.45 bits per heavy atom. The second kappa shape index (κ2) is 6.36. The van der Waals surface area contributed by atoms with Crippen LogP contribution in [0.25, 0.3) is 0 Å². The third-order valence-corrected chi connectivity index (χ3v) is 1.02. The molecule has 2 atom stereocenters. The number of esters is 1. The van der Waals surface area contributed by atoms with Crippen molar-refractivity contribution >= 4 is 15.2 Å². The first-order valence-electron chi connectivity index (χ1n) is 3.12. The van der Waals surface area contributed by atoms with Crippen molar-refractivity contribution in [2.75, 3.05) is 6.61 Å². The SMILES string of the molecule is C.C=C(C)C(=O)OCC(C)P. The number of hydrogen-bond acceptors (Lipinski definition) is 2. The van der Waals surface area contributed by atoms with Crippen molar-refractivity contribution in [2.45, 2.75) is 26.9 Å². The first-order valence-corrected chi connectivity index (χ1v) is 3.79. The molecule has 0 spiro atoms. The molecule has 0 bridgehead atoms. The highest BCUT2D eigenvalue weighted by molar-refractivity contribution is 7.17. The van der Waals surface area contributed by atoms with E-state index in [9.17, 15) is 4.79 Å². The van der Waals surface area contributed by atoms with Gasteiger partial charge in [-0.15, -0.1) is 9.24 Å². The molecule has 0 aliphatic carbocycles. The summed E-state index contributed by atoms with van der Waals surface area (Å²) in [6, 6.07) is 0. The van der Waals surface area contributed by atoms with Crippen molar-refractivity contribution in [1.82, 2.24) is 0 Å². The van der Waals surface area contributed by atoms with E-state index in [4.69, 9.17) is 4.74 Å². The summed E-state index contributed by atoms with van der Waals surface area (Å²) in [6.07, 6.45) is 0. The maximum atomic E-state index is 10.7. The highest BCUT2D eigenvalue weighted by Gasteiger charge is 2.03. The van der Waals surface area contributed by atoms with Crippen molar-refractivity contribution in [1.29, 1.82) is 0 Å². The summed E-state index contributed by atoms with van der Waals surface area (Å²) in [6.45, 7) is 7.48. The van der Waals surface area contributed by atoms with Gasteiger partial charge in [-0.05, 0) is 6.92 Å². The quantitative estimate of drug-likeness (QED) is 0.373. The van der Waals surface area contributed by atoms with Gasteiger partial charge in [-0.2, -0.15) is 0 Å². The molecule has 0 aromatic carbocycles.